The van der Waals surface area contributed by atoms with Gasteiger partial charge in [-0.3, -0.25) is 4.79 Å². The maximum absolute atomic E-state index is 12.3. The standard InChI is InChI=1S/C29H41N3O2/c1-6-22(7-2)28(33)30-19-18-27-31-25-12-8-9-13-26(25)32(27)20-10-11-21-34-24-16-14-23(15-17-24)29(3,4)5/h8-9,12-17,22H,6-7,10-11,18-21H2,1-5H3,(H,30,33). The Bertz CT molecular complexity index is 1040. The van der Waals surface area contributed by atoms with E-state index in [-0.39, 0.29) is 17.2 Å². The van der Waals surface area contributed by atoms with Gasteiger partial charge in [-0.05, 0) is 60.9 Å². The number of fused-ring (bicyclic) bond motifs is 1. The van der Waals surface area contributed by atoms with Crippen LogP contribution in [-0.2, 0) is 23.2 Å². The van der Waals surface area contributed by atoms with Gasteiger partial charge in [0.15, 0.2) is 0 Å². The Balaban J connectivity index is 1.53. The van der Waals surface area contributed by atoms with Crippen LogP contribution < -0.4 is 10.1 Å². The van der Waals surface area contributed by atoms with Gasteiger partial charge in [0, 0.05) is 25.4 Å². The molecule has 0 aliphatic rings. The molecule has 0 atom stereocenters. The van der Waals surface area contributed by atoms with Crippen molar-refractivity contribution in [1.29, 1.82) is 0 Å². The highest BCUT2D eigenvalue weighted by Crippen LogP contribution is 2.24. The van der Waals surface area contributed by atoms with Crippen molar-refractivity contribution in [3.8, 4) is 5.75 Å². The largest absolute Gasteiger partial charge is 0.494 e. The summed E-state index contributed by atoms with van der Waals surface area (Å²) in [5, 5.41) is 3.10. The monoisotopic (exact) mass is 463 g/mol. The number of unbranched alkanes of at least 4 members (excludes halogenated alkanes) is 1. The number of aromatic nitrogens is 2. The second kappa shape index (κ2) is 12.0. The van der Waals surface area contributed by atoms with Gasteiger partial charge in [-0.15, -0.1) is 0 Å². The molecule has 1 N–H and O–H groups in total. The summed E-state index contributed by atoms with van der Waals surface area (Å²) in [6.45, 7) is 13.0. The highest BCUT2D eigenvalue weighted by Gasteiger charge is 2.15. The van der Waals surface area contributed by atoms with Gasteiger partial charge in [0.1, 0.15) is 11.6 Å². The molecule has 0 unspecified atom stereocenters. The van der Waals surface area contributed by atoms with Crippen molar-refractivity contribution in [3.05, 3.63) is 59.9 Å². The first kappa shape index (κ1) is 25.8. The number of hydrogen-bond acceptors (Lipinski definition) is 3. The quantitative estimate of drug-likeness (QED) is 0.321. The van der Waals surface area contributed by atoms with E-state index in [1.807, 2.05) is 6.07 Å². The minimum atomic E-state index is 0.100. The molecular weight excluding hydrogens is 422 g/mol. The summed E-state index contributed by atoms with van der Waals surface area (Å²) in [6.07, 6.45) is 4.47. The van der Waals surface area contributed by atoms with Gasteiger partial charge in [-0.1, -0.05) is 58.9 Å². The second-order valence-electron chi connectivity index (χ2n) is 10.1. The highest BCUT2D eigenvalue weighted by atomic mass is 16.5. The molecule has 0 aliphatic heterocycles. The Morgan fingerprint density at radius 2 is 1.74 bits per heavy atom. The van der Waals surface area contributed by atoms with Crippen molar-refractivity contribution in [3.63, 3.8) is 0 Å². The van der Waals surface area contributed by atoms with Crippen LogP contribution in [0.25, 0.3) is 11.0 Å². The summed E-state index contributed by atoms with van der Waals surface area (Å²) in [6, 6.07) is 16.7. The normalized spacial score (nSPS) is 11.8. The summed E-state index contributed by atoms with van der Waals surface area (Å²) >= 11 is 0. The molecule has 1 amide bonds. The molecule has 5 nitrogen and oxygen atoms in total. The zero-order valence-electron chi connectivity index (χ0n) is 21.6. The number of nitrogens with zero attached hydrogens (tertiary/aromatic N) is 2. The number of hydrogen-bond donors (Lipinski definition) is 1. The number of rotatable bonds is 12. The Morgan fingerprint density at radius 1 is 1.03 bits per heavy atom. The van der Waals surface area contributed by atoms with Gasteiger partial charge >= 0.3 is 0 Å². The van der Waals surface area contributed by atoms with Crippen molar-refractivity contribution in [2.45, 2.75) is 78.7 Å². The molecule has 0 saturated carbocycles. The summed E-state index contributed by atoms with van der Waals surface area (Å²) in [5.74, 6) is 2.21. The molecular formula is C29H41N3O2. The zero-order valence-corrected chi connectivity index (χ0v) is 21.6. The maximum atomic E-state index is 12.3. The van der Waals surface area contributed by atoms with Crippen molar-refractivity contribution in [2.75, 3.05) is 13.2 Å². The van der Waals surface area contributed by atoms with Crippen molar-refractivity contribution >= 4 is 16.9 Å². The average molecular weight is 464 g/mol. The molecule has 0 fully saturated rings. The summed E-state index contributed by atoms with van der Waals surface area (Å²) < 4.78 is 8.28. The number of carbonyl (C=O) groups excluding carboxylic acids is 1. The number of para-hydroxylation sites is 2. The first-order valence-electron chi connectivity index (χ1n) is 12.8. The SMILES string of the molecule is CCC(CC)C(=O)NCCc1nc2ccccc2n1CCCCOc1ccc(C(C)(C)C)cc1. The van der Waals surface area contributed by atoms with Crippen LogP contribution >= 0.6 is 0 Å². The summed E-state index contributed by atoms with van der Waals surface area (Å²) in [5.41, 5.74) is 3.64. The van der Waals surface area contributed by atoms with Crippen LogP contribution in [0.2, 0.25) is 0 Å². The molecule has 5 heteroatoms. The molecule has 1 heterocycles. The first-order chi connectivity index (χ1) is 16.3. The van der Waals surface area contributed by atoms with Gasteiger partial charge in [-0.25, -0.2) is 4.98 Å². The fourth-order valence-corrected chi connectivity index (χ4v) is 4.28. The lowest BCUT2D eigenvalue weighted by Gasteiger charge is -2.19. The number of ether oxygens (including phenoxy) is 1. The van der Waals surface area contributed by atoms with Crippen LogP contribution in [0.5, 0.6) is 5.75 Å². The van der Waals surface area contributed by atoms with E-state index in [9.17, 15) is 4.79 Å². The van der Waals surface area contributed by atoms with Gasteiger partial charge in [0.2, 0.25) is 5.91 Å². The van der Waals surface area contributed by atoms with Crippen LogP contribution in [0.4, 0.5) is 0 Å². The van der Waals surface area contributed by atoms with E-state index >= 15 is 0 Å². The lowest BCUT2D eigenvalue weighted by molar-refractivity contribution is -0.125. The first-order valence-corrected chi connectivity index (χ1v) is 12.8. The topological polar surface area (TPSA) is 56.2 Å². The molecule has 184 valence electrons. The van der Waals surface area contributed by atoms with Gasteiger partial charge < -0.3 is 14.6 Å². The van der Waals surface area contributed by atoms with E-state index in [0.29, 0.717) is 13.2 Å². The number of amides is 1. The smallest absolute Gasteiger partial charge is 0.223 e. The molecule has 1 aromatic heterocycles. The number of aryl methyl sites for hydroxylation is 1. The number of carbonyl (C=O) groups is 1. The third-order valence-electron chi connectivity index (χ3n) is 6.50. The van der Waals surface area contributed by atoms with E-state index in [1.165, 1.54) is 5.56 Å². The van der Waals surface area contributed by atoms with Gasteiger partial charge in [-0.2, -0.15) is 0 Å². The van der Waals surface area contributed by atoms with Crippen LogP contribution in [0.3, 0.4) is 0 Å². The third-order valence-corrected chi connectivity index (χ3v) is 6.50. The van der Waals surface area contributed by atoms with E-state index in [1.54, 1.807) is 0 Å². The average Bonchev–Trinajstić information content (AvgIpc) is 3.17. The summed E-state index contributed by atoms with van der Waals surface area (Å²) in [7, 11) is 0. The molecule has 2 aromatic carbocycles. The highest BCUT2D eigenvalue weighted by molar-refractivity contribution is 5.78. The Labute approximate surface area is 204 Å². The molecule has 0 aliphatic carbocycles. The fourth-order valence-electron chi connectivity index (χ4n) is 4.28. The van der Waals surface area contributed by atoms with E-state index in [0.717, 1.165) is 61.3 Å². The molecule has 0 spiro atoms. The van der Waals surface area contributed by atoms with Crippen molar-refractivity contribution < 1.29 is 9.53 Å². The number of imidazole rings is 1. The minimum absolute atomic E-state index is 0.100. The van der Waals surface area contributed by atoms with E-state index in [4.69, 9.17) is 9.72 Å². The lowest BCUT2D eigenvalue weighted by atomic mass is 9.87. The third kappa shape index (κ3) is 6.85. The molecule has 0 saturated heterocycles. The minimum Gasteiger partial charge on any atom is -0.494 e. The van der Waals surface area contributed by atoms with Crippen molar-refractivity contribution in [1.82, 2.24) is 14.9 Å². The maximum Gasteiger partial charge on any atom is 0.223 e. The Kier molecular flexibility index (Phi) is 9.14. The number of nitrogens with one attached hydrogen (secondary N) is 1. The van der Waals surface area contributed by atoms with E-state index < -0.39 is 0 Å². The zero-order chi connectivity index (χ0) is 24.6. The number of benzene rings is 2. The van der Waals surface area contributed by atoms with Gasteiger partial charge in [0.05, 0.1) is 17.6 Å². The molecule has 3 aromatic rings. The second-order valence-corrected chi connectivity index (χ2v) is 10.1. The van der Waals surface area contributed by atoms with Gasteiger partial charge in [0.25, 0.3) is 0 Å². The van der Waals surface area contributed by atoms with Crippen LogP contribution in [0.1, 0.15) is 71.7 Å². The van der Waals surface area contributed by atoms with Crippen LogP contribution in [0, 0.1) is 5.92 Å². The Hall–Kier alpha value is -2.82. The predicted octanol–water partition coefficient (Wildman–Crippen LogP) is 6.29. The van der Waals surface area contributed by atoms with Crippen molar-refractivity contribution in [2.24, 2.45) is 5.92 Å². The fraction of sp³-hybridized carbons (Fsp3) is 0.517. The van der Waals surface area contributed by atoms with Crippen LogP contribution in [0.15, 0.2) is 48.5 Å². The van der Waals surface area contributed by atoms with E-state index in [2.05, 4.69) is 87.0 Å². The molecule has 0 bridgehead atoms. The summed E-state index contributed by atoms with van der Waals surface area (Å²) in [4.78, 5) is 17.2. The predicted molar refractivity (Wildman–Crippen MR) is 140 cm³/mol. The molecule has 0 radical (unpaired) electrons. The van der Waals surface area contributed by atoms with Crippen LogP contribution in [-0.4, -0.2) is 28.6 Å². The Morgan fingerprint density at radius 3 is 2.41 bits per heavy atom. The molecule has 3 rings (SSSR count). The molecule has 34 heavy (non-hydrogen) atoms. The lowest BCUT2D eigenvalue weighted by Crippen LogP contribution is -2.32.